The molecule has 2 heterocycles. The van der Waals surface area contributed by atoms with Crippen LogP contribution in [0.15, 0.2) is 11.4 Å². The van der Waals surface area contributed by atoms with Crippen LogP contribution in [0.1, 0.15) is 34.5 Å². The molecule has 5 heteroatoms. The van der Waals surface area contributed by atoms with Crippen LogP contribution in [0.25, 0.3) is 0 Å². The Balaban J connectivity index is 1.93. The lowest BCUT2D eigenvalue weighted by Crippen LogP contribution is -2.36. The average Bonchev–Trinajstić information content (AvgIpc) is 2.94. The van der Waals surface area contributed by atoms with E-state index in [2.05, 4.69) is 11.8 Å². The molecule has 1 unspecified atom stereocenters. The van der Waals surface area contributed by atoms with E-state index in [0.29, 0.717) is 18.7 Å². The quantitative estimate of drug-likeness (QED) is 0.863. The SMILES string of the molecule is CN(CC1CCCCO1)C(=O)c1csc(C#CCN)c1. The summed E-state index contributed by atoms with van der Waals surface area (Å²) < 4.78 is 5.67. The van der Waals surface area contributed by atoms with Gasteiger partial charge in [-0.05, 0) is 25.3 Å². The number of ether oxygens (including phenoxy) is 1. The van der Waals surface area contributed by atoms with Crippen molar-refractivity contribution in [3.8, 4) is 11.8 Å². The summed E-state index contributed by atoms with van der Waals surface area (Å²) in [4.78, 5) is 14.9. The molecule has 2 rings (SSSR count). The maximum Gasteiger partial charge on any atom is 0.254 e. The lowest BCUT2D eigenvalue weighted by molar-refractivity contribution is -0.000177. The molecule has 1 aliphatic rings. The average molecular weight is 292 g/mol. The minimum Gasteiger partial charge on any atom is -0.376 e. The zero-order chi connectivity index (χ0) is 14.4. The molecule has 0 radical (unpaired) electrons. The van der Waals surface area contributed by atoms with Crippen LogP contribution in [0.3, 0.4) is 0 Å². The molecule has 1 amide bonds. The number of rotatable bonds is 3. The highest BCUT2D eigenvalue weighted by Crippen LogP contribution is 2.17. The van der Waals surface area contributed by atoms with Gasteiger partial charge in [-0.15, -0.1) is 11.3 Å². The summed E-state index contributed by atoms with van der Waals surface area (Å²) >= 11 is 1.47. The van der Waals surface area contributed by atoms with Crippen LogP contribution in [0.4, 0.5) is 0 Å². The van der Waals surface area contributed by atoms with Crippen molar-refractivity contribution in [2.45, 2.75) is 25.4 Å². The molecule has 108 valence electrons. The third-order valence-electron chi connectivity index (χ3n) is 3.26. The molecule has 20 heavy (non-hydrogen) atoms. The Kier molecular flexibility index (Phi) is 5.60. The number of thiophene rings is 1. The molecule has 4 nitrogen and oxygen atoms in total. The topological polar surface area (TPSA) is 55.6 Å². The van der Waals surface area contributed by atoms with E-state index in [4.69, 9.17) is 10.5 Å². The number of nitrogens with zero attached hydrogens (tertiary/aromatic N) is 1. The van der Waals surface area contributed by atoms with Gasteiger partial charge in [0.2, 0.25) is 0 Å². The van der Waals surface area contributed by atoms with Gasteiger partial charge in [-0.25, -0.2) is 0 Å². The molecule has 0 bridgehead atoms. The van der Waals surface area contributed by atoms with E-state index < -0.39 is 0 Å². The maximum atomic E-state index is 12.3. The minimum atomic E-state index is 0.0243. The minimum absolute atomic E-state index is 0.0243. The van der Waals surface area contributed by atoms with Crippen LogP contribution in [-0.2, 0) is 4.74 Å². The van der Waals surface area contributed by atoms with Crippen molar-refractivity contribution in [3.63, 3.8) is 0 Å². The smallest absolute Gasteiger partial charge is 0.254 e. The Morgan fingerprint density at radius 3 is 3.15 bits per heavy atom. The van der Waals surface area contributed by atoms with Gasteiger partial charge in [0.05, 0.1) is 23.1 Å². The van der Waals surface area contributed by atoms with Crippen molar-refractivity contribution >= 4 is 17.2 Å². The van der Waals surface area contributed by atoms with Gasteiger partial charge in [0.25, 0.3) is 5.91 Å². The Labute approximate surface area is 123 Å². The summed E-state index contributed by atoms with van der Waals surface area (Å²) in [7, 11) is 1.82. The molecule has 1 aromatic heterocycles. The van der Waals surface area contributed by atoms with Gasteiger partial charge in [-0.1, -0.05) is 11.8 Å². The molecule has 1 aliphatic heterocycles. The predicted octanol–water partition coefficient (Wildman–Crippen LogP) is 1.70. The third kappa shape index (κ3) is 4.07. The van der Waals surface area contributed by atoms with Gasteiger partial charge < -0.3 is 15.4 Å². The molecule has 1 fully saturated rings. The molecular formula is C15H20N2O2S. The number of hydrogen-bond donors (Lipinski definition) is 1. The molecule has 0 aromatic carbocycles. The molecular weight excluding hydrogens is 272 g/mol. The standard InChI is InChI=1S/C15H20N2O2S/c1-17(10-13-5-2-3-8-19-13)15(18)12-9-14(20-11-12)6-4-7-16/h9,11,13H,2-3,5,7-8,10,16H2,1H3. The normalized spacial score (nSPS) is 18.2. The molecule has 0 saturated carbocycles. The van der Waals surface area contributed by atoms with Crippen LogP contribution < -0.4 is 5.73 Å². The van der Waals surface area contributed by atoms with E-state index in [9.17, 15) is 4.79 Å². The molecule has 2 N–H and O–H groups in total. The van der Waals surface area contributed by atoms with Gasteiger partial charge in [0.15, 0.2) is 0 Å². The second-order valence-electron chi connectivity index (χ2n) is 4.88. The maximum absolute atomic E-state index is 12.3. The van der Waals surface area contributed by atoms with Crippen LogP contribution in [0.5, 0.6) is 0 Å². The summed E-state index contributed by atoms with van der Waals surface area (Å²) in [6, 6.07) is 1.83. The molecule has 1 aromatic rings. The van der Waals surface area contributed by atoms with Crippen molar-refractivity contribution < 1.29 is 9.53 Å². The summed E-state index contributed by atoms with van der Waals surface area (Å²) in [6.45, 7) is 1.79. The Morgan fingerprint density at radius 1 is 1.60 bits per heavy atom. The first kappa shape index (κ1) is 15.0. The molecule has 1 saturated heterocycles. The van der Waals surface area contributed by atoms with Crippen LogP contribution in [0.2, 0.25) is 0 Å². The lowest BCUT2D eigenvalue weighted by Gasteiger charge is -2.27. The zero-order valence-electron chi connectivity index (χ0n) is 11.7. The van der Waals surface area contributed by atoms with Gasteiger partial charge in [-0.2, -0.15) is 0 Å². The van der Waals surface area contributed by atoms with Crippen molar-refractivity contribution in [2.24, 2.45) is 5.73 Å². The highest BCUT2D eigenvalue weighted by Gasteiger charge is 2.20. The van der Waals surface area contributed by atoms with Crippen LogP contribution in [-0.4, -0.2) is 43.7 Å². The fourth-order valence-corrected chi connectivity index (χ4v) is 2.96. The van der Waals surface area contributed by atoms with E-state index in [-0.39, 0.29) is 12.0 Å². The van der Waals surface area contributed by atoms with E-state index in [1.807, 2.05) is 18.5 Å². The van der Waals surface area contributed by atoms with Gasteiger partial charge in [0.1, 0.15) is 0 Å². The molecule has 0 aliphatic carbocycles. The molecule has 1 atom stereocenters. The summed E-state index contributed by atoms with van der Waals surface area (Å²) in [5.41, 5.74) is 6.03. The highest BCUT2D eigenvalue weighted by atomic mass is 32.1. The third-order valence-corrected chi connectivity index (χ3v) is 4.10. The van der Waals surface area contributed by atoms with Gasteiger partial charge in [0, 0.05) is 25.6 Å². The fourth-order valence-electron chi connectivity index (χ4n) is 2.21. The first-order chi connectivity index (χ1) is 9.70. The Bertz CT molecular complexity index is 509. The summed E-state index contributed by atoms with van der Waals surface area (Å²) in [5.74, 6) is 5.77. The number of carbonyl (C=O) groups is 1. The molecule has 0 spiro atoms. The Morgan fingerprint density at radius 2 is 2.45 bits per heavy atom. The van der Waals surface area contributed by atoms with Crippen molar-refractivity contribution in [1.82, 2.24) is 4.90 Å². The number of nitrogens with two attached hydrogens (primary N) is 1. The van der Waals surface area contributed by atoms with Crippen LogP contribution in [0, 0.1) is 11.8 Å². The Hall–Kier alpha value is -1.35. The van der Waals surface area contributed by atoms with Gasteiger partial charge >= 0.3 is 0 Å². The van der Waals surface area contributed by atoms with E-state index >= 15 is 0 Å². The monoisotopic (exact) mass is 292 g/mol. The van der Waals surface area contributed by atoms with E-state index in [0.717, 1.165) is 24.3 Å². The second kappa shape index (κ2) is 7.44. The largest absolute Gasteiger partial charge is 0.376 e. The van der Waals surface area contributed by atoms with Crippen molar-refractivity contribution in [3.05, 3.63) is 21.9 Å². The summed E-state index contributed by atoms with van der Waals surface area (Å²) in [6.07, 6.45) is 3.52. The highest BCUT2D eigenvalue weighted by molar-refractivity contribution is 7.10. The number of likely N-dealkylation sites (N-methyl/N-ethyl adjacent to an activating group) is 1. The summed E-state index contributed by atoms with van der Waals surface area (Å²) in [5, 5.41) is 1.85. The van der Waals surface area contributed by atoms with Crippen LogP contribution >= 0.6 is 11.3 Å². The fraction of sp³-hybridized carbons (Fsp3) is 0.533. The number of amides is 1. The van der Waals surface area contributed by atoms with Crippen molar-refractivity contribution in [1.29, 1.82) is 0 Å². The van der Waals surface area contributed by atoms with Gasteiger partial charge in [-0.3, -0.25) is 4.79 Å². The van der Waals surface area contributed by atoms with E-state index in [1.165, 1.54) is 17.8 Å². The first-order valence-electron chi connectivity index (χ1n) is 6.85. The second-order valence-corrected chi connectivity index (χ2v) is 5.79. The van der Waals surface area contributed by atoms with Crippen molar-refractivity contribution in [2.75, 3.05) is 26.7 Å². The van der Waals surface area contributed by atoms with E-state index in [1.54, 1.807) is 4.90 Å². The first-order valence-corrected chi connectivity index (χ1v) is 7.73. The lowest BCUT2D eigenvalue weighted by atomic mass is 10.1. The predicted molar refractivity (Wildman–Crippen MR) is 80.8 cm³/mol. The number of hydrogen-bond acceptors (Lipinski definition) is 4. The number of carbonyl (C=O) groups excluding carboxylic acids is 1. The zero-order valence-corrected chi connectivity index (χ0v) is 12.5.